The molecule has 8 nitrogen and oxygen atoms in total. The molecule has 2 fully saturated rings. The number of rotatable bonds is 8. The molecule has 1 aliphatic carbocycles. The third-order valence-corrected chi connectivity index (χ3v) is 6.52. The van der Waals surface area contributed by atoms with Crippen LogP contribution in [0.2, 0.25) is 5.02 Å². The second-order valence-corrected chi connectivity index (χ2v) is 8.81. The Balaban J connectivity index is 1.44. The summed E-state index contributed by atoms with van der Waals surface area (Å²) >= 11 is 7.54. The third-order valence-electron chi connectivity index (χ3n) is 5.28. The van der Waals surface area contributed by atoms with E-state index in [1.807, 2.05) is 0 Å². The quantitative estimate of drug-likeness (QED) is 0.607. The van der Waals surface area contributed by atoms with E-state index in [0.29, 0.717) is 28.3 Å². The van der Waals surface area contributed by atoms with E-state index in [2.05, 4.69) is 25.0 Å². The smallest absolute Gasteiger partial charge is 0.234 e. The summed E-state index contributed by atoms with van der Waals surface area (Å²) in [5, 5.41) is 13.0. The first-order valence-corrected chi connectivity index (χ1v) is 11.5. The van der Waals surface area contributed by atoms with Crippen molar-refractivity contribution < 1.29 is 14.3 Å². The summed E-state index contributed by atoms with van der Waals surface area (Å²) in [6, 6.07) is 3.73. The Morgan fingerprint density at radius 2 is 1.90 bits per heavy atom. The summed E-state index contributed by atoms with van der Waals surface area (Å²) < 4.78 is 12.8. The van der Waals surface area contributed by atoms with E-state index in [-0.39, 0.29) is 11.7 Å². The van der Waals surface area contributed by atoms with Gasteiger partial charge in [-0.3, -0.25) is 9.36 Å². The van der Waals surface area contributed by atoms with E-state index in [9.17, 15) is 4.79 Å². The lowest BCUT2D eigenvalue weighted by molar-refractivity contribution is -0.113. The van der Waals surface area contributed by atoms with Crippen molar-refractivity contribution >= 4 is 40.9 Å². The maximum Gasteiger partial charge on any atom is 0.234 e. The second kappa shape index (κ2) is 9.34. The first-order valence-electron chi connectivity index (χ1n) is 10.1. The van der Waals surface area contributed by atoms with Gasteiger partial charge in [0, 0.05) is 31.3 Å². The molecule has 1 aromatic heterocycles. The predicted octanol–water partition coefficient (Wildman–Crippen LogP) is 4.00. The number of amides is 1. The molecule has 0 radical (unpaired) electrons. The number of carbonyl (C=O) groups is 1. The van der Waals surface area contributed by atoms with Crippen LogP contribution < -0.4 is 19.7 Å². The molecule has 1 saturated heterocycles. The molecule has 162 valence electrons. The molecule has 30 heavy (non-hydrogen) atoms. The van der Waals surface area contributed by atoms with E-state index in [1.54, 1.807) is 12.1 Å². The number of halogens is 1. The van der Waals surface area contributed by atoms with Crippen LogP contribution in [0.5, 0.6) is 11.5 Å². The van der Waals surface area contributed by atoms with E-state index in [0.717, 1.165) is 37.0 Å². The lowest BCUT2D eigenvalue weighted by atomic mass is 10.1. The van der Waals surface area contributed by atoms with Crippen molar-refractivity contribution in [3.8, 4) is 11.5 Å². The Morgan fingerprint density at radius 3 is 2.57 bits per heavy atom. The summed E-state index contributed by atoms with van der Waals surface area (Å²) in [6.07, 6.45) is 5.93. The van der Waals surface area contributed by atoms with Crippen LogP contribution in [0.15, 0.2) is 17.3 Å². The summed E-state index contributed by atoms with van der Waals surface area (Å²) in [5.41, 5.74) is 0.516. The van der Waals surface area contributed by atoms with Gasteiger partial charge >= 0.3 is 0 Å². The highest BCUT2D eigenvalue weighted by Crippen LogP contribution is 2.41. The van der Waals surface area contributed by atoms with Crippen LogP contribution >= 0.6 is 23.4 Å². The minimum absolute atomic E-state index is 0.160. The molecule has 2 aliphatic rings. The molecule has 1 aromatic carbocycles. The lowest BCUT2D eigenvalue weighted by Gasteiger charge is -2.27. The maximum absolute atomic E-state index is 12.6. The molecule has 10 heteroatoms. The van der Waals surface area contributed by atoms with Gasteiger partial charge in [-0.1, -0.05) is 23.4 Å². The minimum atomic E-state index is -0.160. The van der Waals surface area contributed by atoms with Gasteiger partial charge in [0.15, 0.2) is 5.16 Å². The predicted molar refractivity (Wildman–Crippen MR) is 118 cm³/mol. The van der Waals surface area contributed by atoms with Gasteiger partial charge in [0.1, 0.15) is 11.5 Å². The highest BCUT2D eigenvalue weighted by atomic mass is 35.5. The van der Waals surface area contributed by atoms with Gasteiger partial charge in [-0.05, 0) is 32.1 Å². The largest absolute Gasteiger partial charge is 0.495 e. The molecule has 1 N–H and O–H groups in total. The van der Waals surface area contributed by atoms with Crippen molar-refractivity contribution in [1.82, 2.24) is 14.8 Å². The van der Waals surface area contributed by atoms with Crippen LogP contribution in [0.3, 0.4) is 0 Å². The number of aromatic nitrogens is 3. The average Bonchev–Trinajstić information content (AvgIpc) is 3.52. The number of thioether (sulfide) groups is 1. The van der Waals surface area contributed by atoms with Crippen LogP contribution in [0.1, 0.15) is 38.1 Å². The number of hydrogen-bond acceptors (Lipinski definition) is 7. The number of ether oxygens (including phenoxy) is 2. The van der Waals surface area contributed by atoms with Gasteiger partial charge in [-0.2, -0.15) is 0 Å². The molecular weight excluding hydrogens is 426 g/mol. The van der Waals surface area contributed by atoms with Gasteiger partial charge in [0.25, 0.3) is 0 Å². The first kappa shape index (κ1) is 21.1. The van der Waals surface area contributed by atoms with E-state index in [4.69, 9.17) is 21.1 Å². The number of benzene rings is 1. The molecule has 0 bridgehead atoms. The molecule has 1 aliphatic heterocycles. The molecule has 2 heterocycles. The number of methoxy groups -OCH3 is 2. The van der Waals surface area contributed by atoms with Crippen LogP contribution in [0, 0.1) is 0 Å². The zero-order valence-corrected chi connectivity index (χ0v) is 18.8. The van der Waals surface area contributed by atoms with E-state index >= 15 is 0 Å². The number of piperidine rings is 1. The molecule has 2 aromatic rings. The van der Waals surface area contributed by atoms with Crippen molar-refractivity contribution in [1.29, 1.82) is 0 Å². The molecule has 1 saturated carbocycles. The van der Waals surface area contributed by atoms with Crippen LogP contribution in [0.25, 0.3) is 0 Å². The number of anilines is 2. The molecule has 0 atom stereocenters. The number of nitrogens with one attached hydrogen (secondary N) is 1. The molecule has 0 unspecified atom stereocenters. The van der Waals surface area contributed by atoms with Crippen LogP contribution in [0.4, 0.5) is 11.6 Å². The highest BCUT2D eigenvalue weighted by molar-refractivity contribution is 7.99. The maximum atomic E-state index is 12.6. The fraction of sp³-hybridized carbons (Fsp3) is 0.550. The zero-order valence-electron chi connectivity index (χ0n) is 17.2. The average molecular weight is 452 g/mol. The number of nitrogens with zero attached hydrogens (tertiary/aromatic N) is 4. The zero-order chi connectivity index (χ0) is 21.1. The van der Waals surface area contributed by atoms with Gasteiger partial charge < -0.3 is 19.7 Å². The Bertz CT molecular complexity index is 912. The fourth-order valence-electron chi connectivity index (χ4n) is 3.60. The normalized spacial score (nSPS) is 16.4. The monoisotopic (exact) mass is 451 g/mol. The van der Waals surface area contributed by atoms with Gasteiger partial charge in [-0.15, -0.1) is 10.2 Å². The molecule has 0 spiro atoms. The Labute approximate surface area is 185 Å². The van der Waals surface area contributed by atoms with E-state index in [1.165, 1.54) is 45.2 Å². The third kappa shape index (κ3) is 4.62. The first-order chi connectivity index (χ1) is 14.6. The van der Waals surface area contributed by atoms with Gasteiger partial charge in [0.2, 0.25) is 11.9 Å². The van der Waals surface area contributed by atoms with Crippen molar-refractivity contribution in [2.24, 2.45) is 0 Å². The molecule has 1 amide bonds. The fourth-order valence-corrected chi connectivity index (χ4v) is 4.64. The number of hydrogen-bond donors (Lipinski definition) is 1. The lowest BCUT2D eigenvalue weighted by Crippen LogP contribution is -2.32. The van der Waals surface area contributed by atoms with Crippen LogP contribution in [-0.4, -0.2) is 53.7 Å². The summed E-state index contributed by atoms with van der Waals surface area (Å²) in [6.45, 7) is 2.04. The topological polar surface area (TPSA) is 81.5 Å². The second-order valence-electron chi connectivity index (χ2n) is 7.46. The Hall–Kier alpha value is -2.13. The Morgan fingerprint density at radius 1 is 1.17 bits per heavy atom. The van der Waals surface area contributed by atoms with Crippen molar-refractivity contribution in [2.45, 2.75) is 43.3 Å². The van der Waals surface area contributed by atoms with Gasteiger partial charge in [0.05, 0.1) is 30.7 Å². The summed E-state index contributed by atoms with van der Waals surface area (Å²) in [5.74, 6) is 1.96. The Kier molecular flexibility index (Phi) is 6.58. The van der Waals surface area contributed by atoms with Gasteiger partial charge in [-0.25, -0.2) is 0 Å². The summed E-state index contributed by atoms with van der Waals surface area (Å²) in [7, 11) is 3.06. The van der Waals surface area contributed by atoms with Crippen molar-refractivity contribution in [2.75, 3.05) is 43.3 Å². The standard InChI is InChI=1S/C20H26ClN5O3S/c1-28-16-11-15(17(29-2)10-14(16)21)22-18(27)12-30-20-24-23-19(26(20)13-6-7-13)25-8-4-3-5-9-25/h10-11,13H,3-9,12H2,1-2H3,(H,22,27). The minimum Gasteiger partial charge on any atom is -0.495 e. The highest BCUT2D eigenvalue weighted by Gasteiger charge is 2.32. The molecular formula is C20H26ClN5O3S. The molecule has 4 rings (SSSR count). The van der Waals surface area contributed by atoms with Crippen LogP contribution in [-0.2, 0) is 4.79 Å². The van der Waals surface area contributed by atoms with E-state index < -0.39 is 0 Å². The van der Waals surface area contributed by atoms with Crippen molar-refractivity contribution in [3.63, 3.8) is 0 Å². The van der Waals surface area contributed by atoms with Crippen molar-refractivity contribution in [3.05, 3.63) is 17.2 Å². The number of carbonyl (C=O) groups excluding carboxylic acids is 1. The summed E-state index contributed by atoms with van der Waals surface area (Å²) in [4.78, 5) is 14.9. The SMILES string of the molecule is COc1cc(NC(=O)CSc2nnc(N3CCCCC3)n2C2CC2)c(OC)cc1Cl.